The van der Waals surface area contributed by atoms with E-state index in [1.807, 2.05) is 20.8 Å². The van der Waals surface area contributed by atoms with Gasteiger partial charge in [-0.1, -0.05) is 0 Å². The van der Waals surface area contributed by atoms with Gasteiger partial charge in [-0.05, 0) is 33.6 Å². The van der Waals surface area contributed by atoms with Crippen molar-refractivity contribution in [3.05, 3.63) is 0 Å². The Morgan fingerprint density at radius 1 is 1.33 bits per heavy atom. The van der Waals surface area contributed by atoms with E-state index in [0.29, 0.717) is 6.61 Å². The van der Waals surface area contributed by atoms with Crippen molar-refractivity contribution in [2.45, 2.75) is 45.0 Å². The first-order valence-corrected chi connectivity index (χ1v) is 4.42. The largest absolute Gasteiger partial charge is 0.396 e. The van der Waals surface area contributed by atoms with Gasteiger partial charge in [-0.2, -0.15) is 0 Å². The standard InChI is InChI=1S/C9H18O3/c1-8(2)11-7-9(3,12-8)5-4-6-10/h10H,4-7H2,1-3H3/t9-/m0/s1. The van der Waals surface area contributed by atoms with Crippen LogP contribution in [0.5, 0.6) is 0 Å². The van der Waals surface area contributed by atoms with Gasteiger partial charge in [0.2, 0.25) is 0 Å². The predicted octanol–water partition coefficient (Wildman–Crippen LogP) is 1.30. The third-order valence-electron chi connectivity index (χ3n) is 2.08. The van der Waals surface area contributed by atoms with Crippen molar-refractivity contribution in [3.8, 4) is 0 Å². The van der Waals surface area contributed by atoms with Gasteiger partial charge in [0.1, 0.15) is 0 Å². The van der Waals surface area contributed by atoms with Crippen molar-refractivity contribution in [1.82, 2.24) is 0 Å². The van der Waals surface area contributed by atoms with Gasteiger partial charge in [-0.15, -0.1) is 0 Å². The predicted molar refractivity (Wildman–Crippen MR) is 45.8 cm³/mol. The zero-order chi connectivity index (χ0) is 9.24. The lowest BCUT2D eigenvalue weighted by atomic mass is 10.0. The molecule has 0 unspecified atom stereocenters. The molecule has 12 heavy (non-hydrogen) atoms. The molecule has 72 valence electrons. The number of aliphatic hydroxyl groups is 1. The highest BCUT2D eigenvalue weighted by molar-refractivity contribution is 4.83. The van der Waals surface area contributed by atoms with Gasteiger partial charge in [0.05, 0.1) is 12.2 Å². The topological polar surface area (TPSA) is 38.7 Å². The molecule has 1 fully saturated rings. The van der Waals surface area contributed by atoms with Crippen LogP contribution < -0.4 is 0 Å². The Bertz CT molecular complexity index is 156. The Hall–Kier alpha value is -0.120. The van der Waals surface area contributed by atoms with E-state index in [0.717, 1.165) is 12.8 Å². The minimum atomic E-state index is -0.454. The highest BCUT2D eigenvalue weighted by Crippen LogP contribution is 2.33. The van der Waals surface area contributed by atoms with E-state index >= 15 is 0 Å². The molecular formula is C9H18O3. The van der Waals surface area contributed by atoms with E-state index in [-0.39, 0.29) is 12.2 Å². The maximum Gasteiger partial charge on any atom is 0.163 e. The molecule has 0 radical (unpaired) electrons. The molecule has 0 aromatic rings. The zero-order valence-corrected chi connectivity index (χ0v) is 8.09. The van der Waals surface area contributed by atoms with E-state index < -0.39 is 5.79 Å². The summed E-state index contributed by atoms with van der Waals surface area (Å²) in [7, 11) is 0. The van der Waals surface area contributed by atoms with E-state index in [1.165, 1.54) is 0 Å². The molecule has 0 aliphatic carbocycles. The maximum atomic E-state index is 8.67. The maximum absolute atomic E-state index is 8.67. The number of rotatable bonds is 3. The van der Waals surface area contributed by atoms with Crippen LogP contribution >= 0.6 is 0 Å². The monoisotopic (exact) mass is 174 g/mol. The molecule has 1 aliphatic heterocycles. The van der Waals surface area contributed by atoms with Gasteiger partial charge in [0.15, 0.2) is 5.79 Å². The molecule has 1 rings (SSSR count). The minimum Gasteiger partial charge on any atom is -0.396 e. The van der Waals surface area contributed by atoms with Crippen LogP contribution in [0, 0.1) is 0 Å². The summed E-state index contributed by atoms with van der Waals surface area (Å²) in [5, 5.41) is 8.67. The quantitative estimate of drug-likeness (QED) is 0.701. The second-order valence-corrected chi connectivity index (χ2v) is 4.07. The molecule has 3 nitrogen and oxygen atoms in total. The highest BCUT2D eigenvalue weighted by atomic mass is 16.7. The number of hydrogen-bond acceptors (Lipinski definition) is 3. The van der Waals surface area contributed by atoms with Crippen LogP contribution in [-0.4, -0.2) is 29.7 Å². The average Bonchev–Trinajstić information content (AvgIpc) is 2.23. The molecule has 0 amide bonds. The first kappa shape index (κ1) is 9.96. The normalized spacial score (nSPS) is 34.0. The fourth-order valence-corrected chi connectivity index (χ4v) is 1.55. The Balaban J connectivity index is 2.41. The summed E-state index contributed by atoms with van der Waals surface area (Å²) in [4.78, 5) is 0. The van der Waals surface area contributed by atoms with Crippen molar-refractivity contribution in [1.29, 1.82) is 0 Å². The molecule has 3 heteroatoms. The molecule has 1 saturated heterocycles. The molecule has 0 saturated carbocycles. The van der Waals surface area contributed by atoms with E-state index in [4.69, 9.17) is 14.6 Å². The van der Waals surface area contributed by atoms with Crippen molar-refractivity contribution < 1.29 is 14.6 Å². The summed E-state index contributed by atoms with van der Waals surface area (Å²) in [6, 6.07) is 0. The van der Waals surface area contributed by atoms with Gasteiger partial charge in [0, 0.05) is 6.61 Å². The first-order chi connectivity index (χ1) is 5.47. The van der Waals surface area contributed by atoms with E-state index in [2.05, 4.69) is 0 Å². The van der Waals surface area contributed by atoms with E-state index in [1.54, 1.807) is 0 Å². The Labute approximate surface area is 73.7 Å². The van der Waals surface area contributed by atoms with Gasteiger partial charge in [0.25, 0.3) is 0 Å². The molecule has 0 aromatic heterocycles. The molecule has 0 spiro atoms. The Kier molecular flexibility index (Phi) is 2.76. The fourth-order valence-electron chi connectivity index (χ4n) is 1.55. The summed E-state index contributed by atoms with van der Waals surface area (Å²) in [6.07, 6.45) is 1.63. The molecule has 1 N–H and O–H groups in total. The minimum absolute atomic E-state index is 0.202. The summed E-state index contributed by atoms with van der Waals surface area (Å²) in [6.45, 7) is 6.70. The lowest BCUT2D eigenvalue weighted by molar-refractivity contribution is -0.159. The third kappa shape index (κ3) is 2.44. The van der Waals surface area contributed by atoms with Crippen LogP contribution in [0.2, 0.25) is 0 Å². The number of ether oxygens (including phenoxy) is 2. The number of aliphatic hydroxyl groups excluding tert-OH is 1. The van der Waals surface area contributed by atoms with Crippen molar-refractivity contribution in [2.75, 3.05) is 13.2 Å². The summed E-state index contributed by atoms with van der Waals surface area (Å²) < 4.78 is 11.2. The average molecular weight is 174 g/mol. The highest BCUT2D eigenvalue weighted by Gasteiger charge is 2.41. The number of hydrogen-bond donors (Lipinski definition) is 1. The molecule has 1 atom stereocenters. The van der Waals surface area contributed by atoms with Gasteiger partial charge >= 0.3 is 0 Å². The first-order valence-electron chi connectivity index (χ1n) is 4.42. The lowest BCUT2D eigenvalue weighted by Gasteiger charge is -2.24. The molecule has 0 aromatic carbocycles. The van der Waals surface area contributed by atoms with Crippen LogP contribution in [0.15, 0.2) is 0 Å². The molecular weight excluding hydrogens is 156 g/mol. The fraction of sp³-hybridized carbons (Fsp3) is 1.00. The van der Waals surface area contributed by atoms with Crippen LogP contribution in [0.25, 0.3) is 0 Å². The van der Waals surface area contributed by atoms with Crippen LogP contribution in [0.4, 0.5) is 0 Å². The van der Waals surface area contributed by atoms with Gasteiger partial charge in [-0.3, -0.25) is 0 Å². The van der Waals surface area contributed by atoms with Crippen LogP contribution in [0.1, 0.15) is 33.6 Å². The Morgan fingerprint density at radius 2 is 2.00 bits per heavy atom. The zero-order valence-electron chi connectivity index (χ0n) is 8.09. The second kappa shape index (κ2) is 3.32. The summed E-state index contributed by atoms with van der Waals surface area (Å²) >= 11 is 0. The van der Waals surface area contributed by atoms with Crippen LogP contribution in [-0.2, 0) is 9.47 Å². The lowest BCUT2D eigenvalue weighted by Crippen LogP contribution is -2.30. The van der Waals surface area contributed by atoms with Gasteiger partial charge < -0.3 is 14.6 Å². The third-order valence-corrected chi connectivity index (χ3v) is 2.08. The second-order valence-electron chi connectivity index (χ2n) is 4.07. The SMILES string of the molecule is CC1(C)OC[C@](C)(CCCO)O1. The molecule has 1 heterocycles. The smallest absolute Gasteiger partial charge is 0.163 e. The Morgan fingerprint density at radius 3 is 2.42 bits per heavy atom. The van der Waals surface area contributed by atoms with E-state index in [9.17, 15) is 0 Å². The van der Waals surface area contributed by atoms with Crippen molar-refractivity contribution in [3.63, 3.8) is 0 Å². The van der Waals surface area contributed by atoms with Crippen molar-refractivity contribution in [2.24, 2.45) is 0 Å². The molecule has 0 bridgehead atoms. The summed E-state index contributed by atoms with van der Waals surface area (Å²) in [5.41, 5.74) is -0.202. The van der Waals surface area contributed by atoms with Gasteiger partial charge in [-0.25, -0.2) is 0 Å². The van der Waals surface area contributed by atoms with Crippen LogP contribution in [0.3, 0.4) is 0 Å². The summed E-state index contributed by atoms with van der Waals surface area (Å²) in [5.74, 6) is -0.454. The van der Waals surface area contributed by atoms with Crippen molar-refractivity contribution >= 4 is 0 Å². The molecule has 1 aliphatic rings.